The molecule has 11 nitrogen and oxygen atoms in total. The molecule has 1 saturated heterocycles. The van der Waals surface area contributed by atoms with Gasteiger partial charge in [-0.2, -0.15) is 0 Å². The molecule has 7 bridgehead atoms. The number of hydrogen-bond donors (Lipinski definition) is 3. The van der Waals surface area contributed by atoms with Gasteiger partial charge in [0.1, 0.15) is 21.0 Å². The maximum absolute atomic E-state index is 14.4. The van der Waals surface area contributed by atoms with Crippen molar-refractivity contribution in [3.63, 3.8) is 0 Å². The van der Waals surface area contributed by atoms with Gasteiger partial charge in [-0.15, -0.1) is 11.3 Å². The van der Waals surface area contributed by atoms with Crippen molar-refractivity contribution in [1.82, 2.24) is 4.90 Å². The Morgan fingerprint density at radius 2 is 1.85 bits per heavy atom. The van der Waals surface area contributed by atoms with Gasteiger partial charge in [0.2, 0.25) is 0 Å². The number of thiophene rings is 1. The van der Waals surface area contributed by atoms with Crippen molar-refractivity contribution in [3.8, 4) is 0 Å². The van der Waals surface area contributed by atoms with Crippen molar-refractivity contribution in [2.75, 3.05) is 39.1 Å². The smallest absolute Gasteiger partial charge is 0.340 e. The number of nitrogens with one attached hydrogen (secondary N) is 1. The highest BCUT2D eigenvalue weighted by Gasteiger charge is 2.89. The summed E-state index contributed by atoms with van der Waals surface area (Å²) in [6.45, 7) is 3.20. The highest BCUT2D eigenvalue weighted by atomic mass is 35.5. The molecule has 48 heavy (non-hydrogen) atoms. The van der Waals surface area contributed by atoms with Crippen LogP contribution < -0.4 is 4.72 Å². The summed E-state index contributed by atoms with van der Waals surface area (Å²) in [6.07, 6.45) is 1.44. The average molecular weight is 723 g/mol. The van der Waals surface area contributed by atoms with Gasteiger partial charge >= 0.3 is 5.97 Å². The topological polar surface area (TPSA) is 144 Å². The molecule has 262 valence electrons. The molecule has 6 aliphatic rings. The number of sulfonamides is 1. The van der Waals surface area contributed by atoms with E-state index in [2.05, 4.69) is 16.5 Å². The van der Waals surface area contributed by atoms with Gasteiger partial charge < -0.3 is 29.2 Å². The Morgan fingerprint density at radius 1 is 1.08 bits per heavy atom. The van der Waals surface area contributed by atoms with Crippen LogP contribution in [0.1, 0.15) is 49.4 Å². The lowest BCUT2D eigenvalue weighted by molar-refractivity contribution is -0.337. The second-order valence-corrected chi connectivity index (χ2v) is 18.3. The Labute approximate surface area is 289 Å². The van der Waals surface area contributed by atoms with Crippen LogP contribution in [0.15, 0.2) is 40.6 Å². The van der Waals surface area contributed by atoms with E-state index in [4.69, 9.17) is 30.5 Å². The van der Waals surface area contributed by atoms with Gasteiger partial charge in [0.15, 0.2) is 0 Å². The number of methoxy groups -OCH3 is 3. The van der Waals surface area contributed by atoms with E-state index >= 15 is 0 Å². The molecule has 6 fully saturated rings. The first kappa shape index (κ1) is 33.3. The third-order valence-corrected chi connectivity index (χ3v) is 16.5. The SMILES string of the molecule is CCN1C[C@]2(OC(=O)c3ccccc3NS(=O)(=O)c3ccc(Cl)s3)CC[C@H](OC)[C@]34C1[C@H](C[C@H]23)[C@@]1(O)C[C@H](OC)[C@H]2C[C@@H]4[C@]1(O)[C@H]2OC. The van der Waals surface area contributed by atoms with Crippen LogP contribution in [0, 0.1) is 29.1 Å². The number of benzene rings is 1. The molecule has 12 atom stereocenters. The number of para-hydroxylation sites is 1. The summed E-state index contributed by atoms with van der Waals surface area (Å²) in [4.78, 5) is 16.7. The summed E-state index contributed by atoms with van der Waals surface area (Å²) in [5, 5.41) is 25.8. The Kier molecular flexibility index (Phi) is 7.71. The first-order chi connectivity index (χ1) is 22.9. The van der Waals surface area contributed by atoms with Crippen LogP contribution in [0.25, 0.3) is 0 Å². The summed E-state index contributed by atoms with van der Waals surface area (Å²) in [7, 11) is 0.971. The summed E-state index contributed by atoms with van der Waals surface area (Å²) in [6, 6.07) is 9.28. The quantitative estimate of drug-likeness (QED) is 0.328. The molecular weight excluding hydrogens is 680 g/mol. The molecule has 5 aliphatic carbocycles. The van der Waals surface area contributed by atoms with Crippen LogP contribution >= 0.6 is 22.9 Å². The fraction of sp³-hybridized carbons (Fsp3) is 0.676. The normalized spacial score (nSPS) is 44.1. The number of anilines is 1. The van der Waals surface area contributed by atoms with E-state index in [9.17, 15) is 23.4 Å². The molecule has 0 radical (unpaired) electrons. The lowest BCUT2D eigenvalue weighted by Gasteiger charge is -2.70. The molecular formula is C34H43ClN2O9S2. The number of carbonyl (C=O) groups excluding carboxylic acids is 1. The van der Waals surface area contributed by atoms with Crippen molar-refractivity contribution < 1.29 is 42.4 Å². The highest BCUT2D eigenvalue weighted by Crippen LogP contribution is 2.79. The predicted octanol–water partition coefficient (Wildman–Crippen LogP) is 3.78. The largest absolute Gasteiger partial charge is 0.454 e. The van der Waals surface area contributed by atoms with Gasteiger partial charge in [-0.3, -0.25) is 9.62 Å². The van der Waals surface area contributed by atoms with E-state index in [1.165, 1.54) is 12.1 Å². The average Bonchev–Trinajstić information content (AvgIpc) is 3.70. The number of fused-ring (bicyclic) bond motifs is 2. The molecule has 3 N–H and O–H groups in total. The molecule has 1 aromatic carbocycles. The molecule has 0 amide bonds. The number of likely N-dealkylation sites (tertiary alicyclic amines) is 1. The molecule has 2 heterocycles. The maximum Gasteiger partial charge on any atom is 0.340 e. The molecule has 1 unspecified atom stereocenters. The zero-order chi connectivity index (χ0) is 34.0. The van der Waals surface area contributed by atoms with E-state index in [0.717, 1.165) is 11.3 Å². The van der Waals surface area contributed by atoms with Crippen LogP contribution in [0.2, 0.25) is 4.34 Å². The van der Waals surface area contributed by atoms with Crippen molar-refractivity contribution >= 4 is 44.6 Å². The number of esters is 1. The second-order valence-electron chi connectivity index (χ2n) is 14.7. The summed E-state index contributed by atoms with van der Waals surface area (Å²) < 4.78 is 54.6. The minimum absolute atomic E-state index is 0.0330. The number of halogens is 1. The van der Waals surface area contributed by atoms with E-state index < -0.39 is 50.2 Å². The van der Waals surface area contributed by atoms with Gasteiger partial charge in [0.25, 0.3) is 10.0 Å². The van der Waals surface area contributed by atoms with Gasteiger partial charge in [-0.05, 0) is 56.5 Å². The number of hydrogen-bond acceptors (Lipinski definition) is 11. The van der Waals surface area contributed by atoms with E-state index in [1.807, 2.05) is 0 Å². The van der Waals surface area contributed by atoms with Crippen LogP contribution in [0.5, 0.6) is 0 Å². The molecule has 8 rings (SSSR count). The molecule has 1 aliphatic heterocycles. The third-order valence-electron chi connectivity index (χ3n) is 13.4. The molecule has 2 aromatic rings. The minimum atomic E-state index is -4.01. The first-order valence-corrected chi connectivity index (χ1v) is 19.4. The minimum Gasteiger partial charge on any atom is -0.454 e. The fourth-order valence-corrected chi connectivity index (χ4v) is 14.6. The molecule has 1 aromatic heterocycles. The number of aliphatic hydroxyl groups is 2. The lowest BCUT2D eigenvalue weighted by atomic mass is 9.44. The summed E-state index contributed by atoms with van der Waals surface area (Å²) in [5.74, 6) is -1.70. The monoisotopic (exact) mass is 722 g/mol. The van der Waals surface area contributed by atoms with Crippen molar-refractivity contribution in [2.24, 2.45) is 29.1 Å². The van der Waals surface area contributed by atoms with Gasteiger partial charge in [-0.1, -0.05) is 30.7 Å². The van der Waals surface area contributed by atoms with Crippen molar-refractivity contribution in [3.05, 3.63) is 46.3 Å². The van der Waals surface area contributed by atoms with Crippen LogP contribution in [0.4, 0.5) is 5.69 Å². The third kappa shape index (κ3) is 4.02. The van der Waals surface area contributed by atoms with Crippen molar-refractivity contribution in [1.29, 1.82) is 0 Å². The number of carbonyl (C=O) groups is 1. The van der Waals surface area contributed by atoms with Gasteiger partial charge in [0.05, 0.1) is 33.9 Å². The standard InChI is InChI=1S/C34H43ClN2O9S2/c1-5-37-17-31(46-30(38)18-8-6-7-9-21(18)36-48(41,42)27-11-10-26(35)47-27)13-12-25(44-3)33-23(31)15-20(28(33)37)32(39)16-22(43-2)19-14-24(33)34(32,40)29(19)45-4/h6-11,19-20,22-25,28-29,36,39-40H,5,12-17H2,1-4H3/t19-,20+,22+,23-,24+,25+,28?,29+,31-,32+,33+,34+/m1/s1. The number of rotatable bonds is 9. The van der Waals surface area contributed by atoms with E-state index in [1.54, 1.807) is 45.6 Å². The van der Waals surface area contributed by atoms with Crippen LogP contribution in [-0.2, 0) is 29.0 Å². The Balaban J connectivity index is 1.22. The number of likely N-dealkylation sites (N-methyl/N-ethyl adjacent to an activating group) is 1. The Morgan fingerprint density at radius 3 is 2.52 bits per heavy atom. The zero-order valence-corrected chi connectivity index (χ0v) is 29.8. The number of ether oxygens (including phenoxy) is 4. The number of piperidine rings is 1. The zero-order valence-electron chi connectivity index (χ0n) is 27.4. The van der Waals surface area contributed by atoms with Crippen LogP contribution in [0.3, 0.4) is 0 Å². The molecule has 5 saturated carbocycles. The second kappa shape index (κ2) is 11.1. The van der Waals surface area contributed by atoms with Crippen molar-refractivity contribution in [2.45, 2.75) is 84.4 Å². The predicted molar refractivity (Wildman–Crippen MR) is 178 cm³/mol. The Hall–Kier alpha value is -1.81. The van der Waals surface area contributed by atoms with Crippen LogP contribution in [-0.4, -0.2) is 105 Å². The first-order valence-electron chi connectivity index (χ1n) is 16.7. The molecule has 14 heteroatoms. The lowest BCUT2D eigenvalue weighted by Crippen LogP contribution is -2.83. The molecule has 1 spiro atoms. The van der Waals surface area contributed by atoms with E-state index in [0.29, 0.717) is 49.5 Å². The van der Waals surface area contributed by atoms with E-state index in [-0.39, 0.29) is 51.5 Å². The fourth-order valence-electron chi connectivity index (χ4n) is 12.0. The Bertz CT molecular complexity index is 1740. The summed E-state index contributed by atoms with van der Waals surface area (Å²) >= 11 is 6.95. The number of nitrogens with zero attached hydrogens (tertiary/aromatic N) is 1. The van der Waals surface area contributed by atoms with Gasteiger partial charge in [0, 0.05) is 69.4 Å². The highest BCUT2D eigenvalue weighted by molar-refractivity contribution is 7.94. The maximum atomic E-state index is 14.4. The summed E-state index contributed by atoms with van der Waals surface area (Å²) in [5.41, 5.74) is -4.41. The van der Waals surface area contributed by atoms with Gasteiger partial charge in [-0.25, -0.2) is 13.2 Å².